The van der Waals surface area contributed by atoms with Crippen molar-refractivity contribution >= 4 is 39.3 Å². The summed E-state index contributed by atoms with van der Waals surface area (Å²) < 4.78 is 0. The molecular formula is H8AlO2Si2. The Morgan fingerprint density at radius 3 is 0.800 bits per heavy atom. The molecule has 0 aliphatic rings. The summed E-state index contributed by atoms with van der Waals surface area (Å²) in [6, 6.07) is 0. The van der Waals surface area contributed by atoms with Crippen LogP contribution in [0.15, 0.2) is 0 Å². The minimum atomic E-state index is 0. The van der Waals surface area contributed by atoms with Crippen molar-refractivity contribution in [3.05, 3.63) is 0 Å². The van der Waals surface area contributed by atoms with E-state index in [-0.39, 0.29) is 39.3 Å². The molecule has 0 aliphatic heterocycles. The minimum Gasteiger partial charge on any atom is -0.255 e. The normalized spacial score (nSPS) is 1.20. The molecule has 5 heteroatoms. The van der Waals surface area contributed by atoms with E-state index in [9.17, 15) is 0 Å². The summed E-state index contributed by atoms with van der Waals surface area (Å²) in [4.78, 5) is 0. The van der Waals surface area contributed by atoms with Crippen molar-refractivity contribution < 1.29 is 10.5 Å². The Hall–Kier alpha value is 0.886. The fourth-order valence-corrected chi connectivity index (χ4v) is 0. The molecule has 0 aromatic rings. The number of hydrogen-bond acceptors (Lipinski definition) is 2. The largest absolute Gasteiger partial charge is 0.255 e. The molecule has 0 saturated carbocycles. The molecule has 0 aliphatic carbocycles. The first-order valence-corrected chi connectivity index (χ1v) is 0.200. The lowest BCUT2D eigenvalue weighted by Gasteiger charge is -1.25. The lowest BCUT2D eigenvalue weighted by atomic mass is 15.0. The van der Waals surface area contributed by atoms with Gasteiger partial charge in [0.15, 0.2) is 0 Å². The van der Waals surface area contributed by atoms with Crippen LogP contribution in [0.5, 0.6) is 0 Å². The van der Waals surface area contributed by atoms with E-state index in [1.807, 2.05) is 0 Å². The molecule has 0 aromatic carbocycles. The predicted molar refractivity (Wildman–Crippen MR) is 30.9 cm³/mol. The maximum absolute atomic E-state index is 6.00. The zero-order valence-corrected chi connectivity index (χ0v) is 8.63. The molecule has 5 heavy (non-hydrogen) atoms. The van der Waals surface area contributed by atoms with Crippen LogP contribution in [0, 0.1) is 0 Å². The zero-order valence-electron chi connectivity index (χ0n) is 3.47. The molecule has 0 unspecified atom stereocenters. The molecule has 0 bridgehead atoms. The first-order valence-electron chi connectivity index (χ1n) is 0.200. The van der Waals surface area contributed by atoms with Crippen LogP contribution in [0.25, 0.3) is 0 Å². The third-order valence-electron chi connectivity index (χ3n) is 0. The molecular weight excluding hydrogens is 115 g/mol. The molecule has 5 radical (unpaired) electrons. The standard InChI is InChI=1S/Al.H2O2.2H3Si/c;1-2;;/h;1-2H;2*1H3. The second-order valence-corrected chi connectivity index (χ2v) is 0. The van der Waals surface area contributed by atoms with Gasteiger partial charge in [0.1, 0.15) is 0 Å². The summed E-state index contributed by atoms with van der Waals surface area (Å²) in [6.45, 7) is 0. The van der Waals surface area contributed by atoms with Gasteiger partial charge in [-0.15, -0.1) is 0 Å². The van der Waals surface area contributed by atoms with Crippen molar-refractivity contribution in [3.8, 4) is 0 Å². The quantitative estimate of drug-likeness (QED) is 0.208. The highest BCUT2D eigenvalue weighted by Crippen LogP contribution is 0.711. The Kier molecular flexibility index (Phi) is 742. The minimum absolute atomic E-state index is 0. The van der Waals surface area contributed by atoms with E-state index < -0.39 is 0 Å². The van der Waals surface area contributed by atoms with Crippen LogP contribution in [-0.2, 0) is 0 Å². The third-order valence-corrected chi connectivity index (χ3v) is 0. The van der Waals surface area contributed by atoms with Gasteiger partial charge in [-0.25, -0.2) is 0 Å². The summed E-state index contributed by atoms with van der Waals surface area (Å²) in [5.74, 6) is 0. The first kappa shape index (κ1) is 39.5. The molecule has 31 valence electrons. The summed E-state index contributed by atoms with van der Waals surface area (Å²) in [5.41, 5.74) is 0. The molecule has 0 heterocycles. The maximum atomic E-state index is 6.00. The molecule has 0 aromatic heterocycles. The zero-order chi connectivity index (χ0) is 2.00. The van der Waals surface area contributed by atoms with E-state index >= 15 is 0 Å². The topological polar surface area (TPSA) is 40.5 Å². The average molecular weight is 123 g/mol. The fraction of sp³-hybridized carbons (Fsp3) is 0. The van der Waals surface area contributed by atoms with E-state index in [1.54, 1.807) is 0 Å². The molecule has 0 spiro atoms. The second kappa shape index (κ2) is 94.0. The van der Waals surface area contributed by atoms with Crippen LogP contribution in [-0.4, -0.2) is 49.8 Å². The highest BCUT2D eigenvalue weighted by molar-refractivity contribution is 5.76. The summed E-state index contributed by atoms with van der Waals surface area (Å²) >= 11 is 0. The summed E-state index contributed by atoms with van der Waals surface area (Å²) in [5, 5.41) is 12.0. The first-order chi connectivity index (χ1) is 1.00. The van der Waals surface area contributed by atoms with Crippen LogP contribution in [0.1, 0.15) is 0 Å². The van der Waals surface area contributed by atoms with Gasteiger partial charge in [-0.05, 0) is 21.9 Å². The summed E-state index contributed by atoms with van der Waals surface area (Å²) in [6.07, 6.45) is 0. The molecule has 0 rings (SSSR count). The van der Waals surface area contributed by atoms with Gasteiger partial charge in [0, 0.05) is 17.4 Å². The SMILES string of the molecule is OO.[Al].[SiH3].[SiH3]. The predicted octanol–water partition coefficient (Wildman–Crippen LogP) is -2.73. The lowest BCUT2D eigenvalue weighted by Crippen LogP contribution is -1.29. The van der Waals surface area contributed by atoms with Crippen molar-refractivity contribution in [2.75, 3.05) is 0 Å². The smallest absolute Gasteiger partial charge is 0 e. The Balaban J connectivity index is -0.00000000167. The van der Waals surface area contributed by atoms with E-state index in [0.717, 1.165) is 0 Å². The van der Waals surface area contributed by atoms with Gasteiger partial charge >= 0.3 is 0 Å². The van der Waals surface area contributed by atoms with E-state index in [2.05, 4.69) is 0 Å². The van der Waals surface area contributed by atoms with E-state index in [0.29, 0.717) is 0 Å². The van der Waals surface area contributed by atoms with Crippen molar-refractivity contribution in [2.24, 2.45) is 0 Å². The Morgan fingerprint density at radius 2 is 0.800 bits per heavy atom. The van der Waals surface area contributed by atoms with Crippen molar-refractivity contribution in [3.63, 3.8) is 0 Å². The Morgan fingerprint density at radius 1 is 0.800 bits per heavy atom. The van der Waals surface area contributed by atoms with Gasteiger partial charge in [-0.1, -0.05) is 0 Å². The highest BCUT2D eigenvalue weighted by atomic mass is 28.1. The van der Waals surface area contributed by atoms with Gasteiger partial charge in [-0.3, -0.25) is 10.5 Å². The van der Waals surface area contributed by atoms with Crippen LogP contribution < -0.4 is 0 Å². The van der Waals surface area contributed by atoms with Gasteiger partial charge in [0.05, 0.1) is 0 Å². The highest BCUT2D eigenvalue weighted by Gasteiger charge is 0.745. The van der Waals surface area contributed by atoms with Gasteiger partial charge in [-0.2, -0.15) is 0 Å². The fourth-order valence-electron chi connectivity index (χ4n) is 0. The molecule has 0 fully saturated rings. The molecule has 2 N–H and O–H groups in total. The van der Waals surface area contributed by atoms with Crippen molar-refractivity contribution in [1.82, 2.24) is 0 Å². The third kappa shape index (κ3) is 51.8. The van der Waals surface area contributed by atoms with E-state index in [1.165, 1.54) is 0 Å². The van der Waals surface area contributed by atoms with Gasteiger partial charge < -0.3 is 0 Å². The van der Waals surface area contributed by atoms with Gasteiger partial charge in [0.25, 0.3) is 0 Å². The van der Waals surface area contributed by atoms with Crippen LogP contribution in [0.4, 0.5) is 0 Å². The molecule has 0 saturated heterocycles. The molecule has 0 atom stereocenters. The molecule has 2 nitrogen and oxygen atoms in total. The maximum Gasteiger partial charge on any atom is 0 e. The monoisotopic (exact) mass is 123 g/mol. The molecule has 0 amide bonds. The Labute approximate surface area is 50.3 Å². The Bertz CT molecular complexity index is 7.61. The second-order valence-electron chi connectivity index (χ2n) is 0. The number of hydrogen-bond donors (Lipinski definition) is 2. The van der Waals surface area contributed by atoms with Crippen molar-refractivity contribution in [1.29, 1.82) is 0 Å². The average Bonchev–Trinajstić information content (AvgIpc) is 1.00. The van der Waals surface area contributed by atoms with Crippen LogP contribution in [0.3, 0.4) is 0 Å². The number of rotatable bonds is 0. The lowest BCUT2D eigenvalue weighted by molar-refractivity contribution is -0.176. The van der Waals surface area contributed by atoms with Gasteiger partial charge in [0.2, 0.25) is 0 Å². The van der Waals surface area contributed by atoms with E-state index in [4.69, 9.17) is 10.5 Å². The summed E-state index contributed by atoms with van der Waals surface area (Å²) in [7, 11) is 0. The van der Waals surface area contributed by atoms with Crippen molar-refractivity contribution in [2.45, 2.75) is 0 Å². The van der Waals surface area contributed by atoms with Crippen LogP contribution >= 0.6 is 0 Å². The van der Waals surface area contributed by atoms with Crippen LogP contribution in [0.2, 0.25) is 0 Å².